The van der Waals surface area contributed by atoms with E-state index in [2.05, 4.69) is 71.6 Å². The van der Waals surface area contributed by atoms with Crippen LogP contribution in [0.2, 0.25) is 0 Å². The fourth-order valence-corrected chi connectivity index (χ4v) is 2.43. The maximum absolute atomic E-state index is 4.24. The van der Waals surface area contributed by atoms with E-state index in [4.69, 9.17) is 0 Å². The van der Waals surface area contributed by atoms with Gasteiger partial charge in [0.2, 0.25) is 0 Å². The Kier molecular flexibility index (Phi) is 13.5. The van der Waals surface area contributed by atoms with Crippen molar-refractivity contribution in [2.45, 2.75) is 79.6 Å². The highest BCUT2D eigenvalue weighted by atomic mass is 32.1. The van der Waals surface area contributed by atoms with E-state index in [9.17, 15) is 0 Å². The predicted octanol–water partition coefficient (Wildman–Crippen LogP) is 7.45. The number of rotatable bonds is 11. The molecule has 0 aliphatic heterocycles. The van der Waals surface area contributed by atoms with E-state index >= 15 is 0 Å². The first kappa shape index (κ1) is 21.3. The van der Waals surface area contributed by atoms with Crippen molar-refractivity contribution < 1.29 is 0 Å². The first-order valence-electron chi connectivity index (χ1n) is 8.66. The molecule has 0 rings (SSSR count). The lowest BCUT2D eigenvalue weighted by Gasteiger charge is -2.02. The fraction of sp³-hybridized carbons (Fsp3) is 0.619. The molecule has 0 unspecified atom stereocenters. The van der Waals surface area contributed by atoms with Crippen LogP contribution in [0.15, 0.2) is 46.6 Å². The highest BCUT2D eigenvalue weighted by Gasteiger charge is 1.93. The molecule has 126 valence electrons. The maximum atomic E-state index is 4.24. The van der Waals surface area contributed by atoms with Gasteiger partial charge in [-0.3, -0.25) is 0 Å². The van der Waals surface area contributed by atoms with Crippen LogP contribution in [0.1, 0.15) is 79.6 Å². The lowest BCUT2D eigenvalue weighted by Crippen LogP contribution is -1.82. The molecule has 0 amide bonds. The Hall–Kier alpha value is -0.690. The van der Waals surface area contributed by atoms with Gasteiger partial charge in [-0.15, -0.1) is 0 Å². The molecule has 0 aliphatic carbocycles. The third kappa shape index (κ3) is 14.3. The largest absolute Gasteiger partial charge is 0.179 e. The van der Waals surface area contributed by atoms with E-state index in [1.165, 1.54) is 60.8 Å². The molecule has 0 atom stereocenters. The smallest absolute Gasteiger partial charge is 0.00632 e. The molecule has 1 heteroatoms. The molecule has 0 nitrogen and oxygen atoms in total. The van der Waals surface area contributed by atoms with Crippen molar-refractivity contribution in [3.05, 3.63) is 46.6 Å². The minimum Gasteiger partial charge on any atom is -0.179 e. The van der Waals surface area contributed by atoms with Crippen LogP contribution in [0, 0.1) is 0 Å². The number of hydrogen-bond donors (Lipinski definition) is 1. The molecule has 0 aromatic heterocycles. The topological polar surface area (TPSA) is 0 Å². The summed E-state index contributed by atoms with van der Waals surface area (Å²) in [6.07, 6.45) is 17.7. The van der Waals surface area contributed by atoms with Crippen LogP contribution in [-0.4, -0.2) is 5.75 Å². The van der Waals surface area contributed by atoms with E-state index in [0.29, 0.717) is 0 Å². The summed E-state index contributed by atoms with van der Waals surface area (Å²) < 4.78 is 0. The number of hydrogen-bond acceptors (Lipinski definition) is 1. The standard InChI is InChI=1S/C21H36S/c1-18(2)10-6-11-19(3)12-7-13-20(4)14-8-15-21(5)16-9-17-22/h10,12,14,16,22H,6-9,11,13,15,17H2,1-5H3/b19-12+,20-14+,21-16+. The van der Waals surface area contributed by atoms with Crippen LogP contribution < -0.4 is 0 Å². The van der Waals surface area contributed by atoms with Crippen molar-refractivity contribution in [2.75, 3.05) is 5.75 Å². The second-order valence-electron chi connectivity index (χ2n) is 6.56. The van der Waals surface area contributed by atoms with Crippen LogP contribution in [0.25, 0.3) is 0 Å². The van der Waals surface area contributed by atoms with E-state index in [-0.39, 0.29) is 0 Å². The lowest BCUT2D eigenvalue weighted by atomic mass is 10.0. The van der Waals surface area contributed by atoms with Crippen molar-refractivity contribution in [3.8, 4) is 0 Å². The van der Waals surface area contributed by atoms with E-state index in [1.807, 2.05) is 0 Å². The molecule has 0 saturated heterocycles. The summed E-state index contributed by atoms with van der Waals surface area (Å²) in [6, 6.07) is 0. The van der Waals surface area contributed by atoms with Gasteiger partial charge >= 0.3 is 0 Å². The van der Waals surface area contributed by atoms with Gasteiger partial charge in [0.1, 0.15) is 0 Å². The van der Waals surface area contributed by atoms with Crippen molar-refractivity contribution in [1.82, 2.24) is 0 Å². The van der Waals surface area contributed by atoms with Gasteiger partial charge in [0.05, 0.1) is 0 Å². The molecule has 0 spiro atoms. The Morgan fingerprint density at radius 2 is 0.955 bits per heavy atom. The molecule has 0 heterocycles. The Bertz CT molecular complexity index is 404. The van der Waals surface area contributed by atoms with E-state index < -0.39 is 0 Å². The van der Waals surface area contributed by atoms with Gasteiger partial charge in [-0.25, -0.2) is 0 Å². The zero-order valence-electron chi connectivity index (χ0n) is 15.4. The van der Waals surface area contributed by atoms with Gasteiger partial charge < -0.3 is 0 Å². The van der Waals surface area contributed by atoms with Gasteiger partial charge in [0.15, 0.2) is 0 Å². The van der Waals surface area contributed by atoms with Crippen molar-refractivity contribution in [2.24, 2.45) is 0 Å². The minimum atomic E-state index is 0.950. The van der Waals surface area contributed by atoms with Gasteiger partial charge in [-0.2, -0.15) is 12.6 Å². The molecule has 0 saturated carbocycles. The molecular formula is C21H36S. The first-order chi connectivity index (χ1) is 10.5. The van der Waals surface area contributed by atoms with Crippen LogP contribution in [0.5, 0.6) is 0 Å². The summed E-state index contributed by atoms with van der Waals surface area (Å²) in [5, 5.41) is 0. The Morgan fingerprint density at radius 3 is 1.32 bits per heavy atom. The van der Waals surface area contributed by atoms with Crippen molar-refractivity contribution in [3.63, 3.8) is 0 Å². The van der Waals surface area contributed by atoms with Crippen LogP contribution in [0.3, 0.4) is 0 Å². The van der Waals surface area contributed by atoms with Crippen LogP contribution in [0.4, 0.5) is 0 Å². The molecule has 0 N–H and O–H groups in total. The molecule has 0 fully saturated rings. The normalized spacial score (nSPS) is 13.5. The average Bonchev–Trinajstić information content (AvgIpc) is 2.44. The SMILES string of the molecule is CC(C)=CCC/C(C)=C/CC/C(C)=C/CC/C(C)=C/CCS. The quantitative estimate of drug-likeness (QED) is 0.296. The van der Waals surface area contributed by atoms with E-state index in [0.717, 1.165) is 12.2 Å². The zero-order chi connectivity index (χ0) is 16.8. The summed E-state index contributed by atoms with van der Waals surface area (Å²) in [5.74, 6) is 0.950. The third-order valence-corrected chi connectivity index (χ3v) is 4.03. The molecule has 0 aromatic carbocycles. The fourth-order valence-electron chi connectivity index (χ4n) is 2.30. The molecule has 0 aliphatic rings. The maximum Gasteiger partial charge on any atom is -0.00632 e. The van der Waals surface area contributed by atoms with Gasteiger partial charge in [0, 0.05) is 0 Å². The highest BCUT2D eigenvalue weighted by molar-refractivity contribution is 7.80. The second kappa shape index (κ2) is 13.9. The summed E-state index contributed by atoms with van der Waals surface area (Å²) in [5.41, 5.74) is 5.96. The Labute approximate surface area is 144 Å². The van der Waals surface area contributed by atoms with Crippen molar-refractivity contribution >= 4 is 12.6 Å². The first-order valence-corrected chi connectivity index (χ1v) is 9.30. The molecule has 0 radical (unpaired) electrons. The third-order valence-electron chi connectivity index (χ3n) is 3.78. The summed E-state index contributed by atoms with van der Waals surface area (Å²) in [7, 11) is 0. The molecule has 22 heavy (non-hydrogen) atoms. The highest BCUT2D eigenvalue weighted by Crippen LogP contribution is 2.13. The molecular weight excluding hydrogens is 284 g/mol. The molecule has 0 aromatic rings. The lowest BCUT2D eigenvalue weighted by molar-refractivity contribution is 0.898. The predicted molar refractivity (Wildman–Crippen MR) is 107 cm³/mol. The minimum absolute atomic E-state index is 0.950. The molecule has 0 bridgehead atoms. The summed E-state index contributed by atoms with van der Waals surface area (Å²) in [6.45, 7) is 11.1. The average molecular weight is 321 g/mol. The monoisotopic (exact) mass is 320 g/mol. The number of allylic oxidation sites excluding steroid dienone is 8. The summed E-state index contributed by atoms with van der Waals surface area (Å²) >= 11 is 4.24. The van der Waals surface area contributed by atoms with Gasteiger partial charge in [-0.1, -0.05) is 46.6 Å². The van der Waals surface area contributed by atoms with Gasteiger partial charge in [-0.05, 0) is 85.3 Å². The summed E-state index contributed by atoms with van der Waals surface area (Å²) in [4.78, 5) is 0. The van der Waals surface area contributed by atoms with Gasteiger partial charge in [0.25, 0.3) is 0 Å². The van der Waals surface area contributed by atoms with Crippen molar-refractivity contribution in [1.29, 1.82) is 0 Å². The Balaban J connectivity index is 3.94. The van der Waals surface area contributed by atoms with Crippen LogP contribution >= 0.6 is 12.6 Å². The Morgan fingerprint density at radius 1 is 0.591 bits per heavy atom. The van der Waals surface area contributed by atoms with E-state index in [1.54, 1.807) is 0 Å². The van der Waals surface area contributed by atoms with Crippen LogP contribution in [-0.2, 0) is 0 Å². The second-order valence-corrected chi connectivity index (χ2v) is 7.01. The number of thiol groups is 1. The zero-order valence-corrected chi connectivity index (χ0v) is 16.3.